The summed E-state index contributed by atoms with van der Waals surface area (Å²) >= 11 is 0. The SMILES string of the molecule is c1ccc(-c2cccc(-c3ccc(-c4nc(-c5ccccc5)nc(-n5c6ccccc6c6cc7c(cc65)c5ccccc5n7-c5ccccc5)n4)cc3)n2)cc1. The van der Waals surface area contributed by atoms with Crippen LogP contribution in [-0.4, -0.2) is 29.1 Å². The van der Waals surface area contributed by atoms with Gasteiger partial charge in [0.1, 0.15) is 0 Å². The van der Waals surface area contributed by atoms with Crippen LogP contribution in [-0.2, 0) is 0 Å². The zero-order chi connectivity index (χ0) is 37.0. The topological polar surface area (TPSA) is 61.4 Å². The second-order valence-corrected chi connectivity index (χ2v) is 13.9. The summed E-state index contributed by atoms with van der Waals surface area (Å²) in [6, 6.07) is 67.3. The van der Waals surface area contributed by atoms with E-state index in [4.69, 9.17) is 19.9 Å². The van der Waals surface area contributed by atoms with Gasteiger partial charge in [-0.2, -0.15) is 9.97 Å². The highest BCUT2D eigenvalue weighted by Gasteiger charge is 2.21. The van der Waals surface area contributed by atoms with Crippen molar-refractivity contribution < 1.29 is 0 Å². The summed E-state index contributed by atoms with van der Waals surface area (Å²) in [5, 5.41) is 4.62. The van der Waals surface area contributed by atoms with Crippen LogP contribution in [0.4, 0.5) is 0 Å². The second-order valence-electron chi connectivity index (χ2n) is 13.9. The first-order valence-electron chi connectivity index (χ1n) is 18.7. The van der Waals surface area contributed by atoms with Gasteiger partial charge in [-0.1, -0.05) is 146 Å². The maximum atomic E-state index is 5.24. The van der Waals surface area contributed by atoms with Gasteiger partial charge in [0.2, 0.25) is 5.95 Å². The molecule has 0 unspecified atom stereocenters. The lowest BCUT2D eigenvalue weighted by molar-refractivity contribution is 0.954. The molecule has 0 saturated heterocycles. The van der Waals surface area contributed by atoms with E-state index in [1.165, 1.54) is 10.8 Å². The van der Waals surface area contributed by atoms with E-state index in [0.717, 1.165) is 72.2 Å². The molecule has 0 aliphatic heterocycles. The van der Waals surface area contributed by atoms with E-state index in [2.05, 4.69) is 143 Å². The summed E-state index contributed by atoms with van der Waals surface area (Å²) in [5.74, 6) is 1.77. The van der Waals surface area contributed by atoms with Crippen LogP contribution in [0.15, 0.2) is 194 Å². The van der Waals surface area contributed by atoms with Gasteiger partial charge in [-0.05, 0) is 48.5 Å². The van der Waals surface area contributed by atoms with Crippen LogP contribution in [0.3, 0.4) is 0 Å². The Morgan fingerprint density at radius 2 is 0.732 bits per heavy atom. The smallest absolute Gasteiger partial charge is 0.238 e. The zero-order valence-electron chi connectivity index (χ0n) is 30.2. The molecule has 0 radical (unpaired) electrons. The first-order chi connectivity index (χ1) is 27.8. The van der Waals surface area contributed by atoms with Crippen LogP contribution < -0.4 is 0 Å². The van der Waals surface area contributed by atoms with E-state index in [1.54, 1.807) is 0 Å². The number of pyridine rings is 1. The van der Waals surface area contributed by atoms with Crippen molar-refractivity contribution in [1.29, 1.82) is 0 Å². The van der Waals surface area contributed by atoms with Crippen LogP contribution in [0.25, 0.3) is 101 Å². The monoisotopic (exact) mass is 716 g/mol. The fraction of sp³-hybridized carbons (Fsp3) is 0. The van der Waals surface area contributed by atoms with E-state index >= 15 is 0 Å². The number of benzene rings is 7. The zero-order valence-corrected chi connectivity index (χ0v) is 30.2. The summed E-state index contributed by atoms with van der Waals surface area (Å²) in [6.07, 6.45) is 0. The minimum absolute atomic E-state index is 0.563. The number of fused-ring (bicyclic) bond motifs is 6. The summed E-state index contributed by atoms with van der Waals surface area (Å²) in [7, 11) is 0. The Morgan fingerprint density at radius 3 is 1.34 bits per heavy atom. The first kappa shape index (κ1) is 31.8. The number of nitrogens with zero attached hydrogens (tertiary/aromatic N) is 6. The van der Waals surface area contributed by atoms with Crippen LogP contribution >= 0.6 is 0 Å². The Morgan fingerprint density at radius 1 is 0.286 bits per heavy atom. The minimum Gasteiger partial charge on any atom is -0.309 e. The van der Waals surface area contributed by atoms with Crippen LogP contribution in [0.5, 0.6) is 0 Å². The Labute approximate surface area is 322 Å². The number of rotatable bonds is 6. The maximum Gasteiger partial charge on any atom is 0.238 e. The molecule has 0 bridgehead atoms. The molecule has 0 spiro atoms. The maximum absolute atomic E-state index is 5.24. The molecule has 0 atom stereocenters. The van der Waals surface area contributed by atoms with Gasteiger partial charge in [-0.15, -0.1) is 0 Å². The molecule has 0 saturated carbocycles. The van der Waals surface area contributed by atoms with Gasteiger partial charge in [0.25, 0.3) is 0 Å². The quantitative estimate of drug-likeness (QED) is 0.172. The van der Waals surface area contributed by atoms with E-state index in [-0.39, 0.29) is 0 Å². The van der Waals surface area contributed by atoms with Crippen molar-refractivity contribution in [1.82, 2.24) is 29.1 Å². The Kier molecular flexibility index (Phi) is 7.38. The molecule has 11 aromatic rings. The lowest BCUT2D eigenvalue weighted by Crippen LogP contribution is -2.06. The summed E-state index contributed by atoms with van der Waals surface area (Å²) in [4.78, 5) is 20.5. The average Bonchev–Trinajstić information content (AvgIpc) is 3.78. The third-order valence-electron chi connectivity index (χ3n) is 10.6. The van der Waals surface area contributed by atoms with E-state index in [1.807, 2.05) is 60.7 Å². The molecular weight excluding hydrogens is 685 g/mol. The highest BCUT2D eigenvalue weighted by Crippen LogP contribution is 2.39. The molecule has 56 heavy (non-hydrogen) atoms. The lowest BCUT2D eigenvalue weighted by atomic mass is 10.1. The number of para-hydroxylation sites is 3. The van der Waals surface area contributed by atoms with E-state index < -0.39 is 0 Å². The van der Waals surface area contributed by atoms with Crippen molar-refractivity contribution in [3.8, 4) is 56.9 Å². The number of hydrogen-bond acceptors (Lipinski definition) is 4. The third-order valence-corrected chi connectivity index (χ3v) is 10.6. The van der Waals surface area contributed by atoms with Crippen LogP contribution in [0.1, 0.15) is 0 Å². The van der Waals surface area contributed by atoms with Gasteiger partial charge in [0.15, 0.2) is 11.6 Å². The molecule has 11 rings (SSSR count). The van der Waals surface area contributed by atoms with Gasteiger partial charge < -0.3 is 4.57 Å². The molecule has 0 aliphatic rings. The minimum atomic E-state index is 0.563. The Bertz CT molecular complexity index is 3220. The lowest BCUT2D eigenvalue weighted by Gasteiger charge is -2.11. The second kappa shape index (κ2) is 13.0. The molecule has 0 fully saturated rings. The van der Waals surface area contributed by atoms with Crippen molar-refractivity contribution >= 4 is 43.6 Å². The summed E-state index contributed by atoms with van der Waals surface area (Å²) in [5.41, 5.74) is 11.3. The highest BCUT2D eigenvalue weighted by atomic mass is 15.2. The van der Waals surface area contributed by atoms with Gasteiger partial charge in [0.05, 0.1) is 33.5 Å². The standard InChI is InChI=1S/C50H32N6/c1-4-15-33(16-5-1)42-23-14-24-43(51-42)34-27-29-36(30-28-34)49-52-48(35-17-6-2-7-18-35)53-50(54-49)56-45-26-13-11-22-39(45)41-31-46-40(32-47(41)56)38-21-10-12-25-44(38)55(46)37-19-8-3-9-20-37/h1-32H. The van der Waals surface area contributed by atoms with Gasteiger partial charge in [-0.3, -0.25) is 4.57 Å². The molecule has 6 nitrogen and oxygen atoms in total. The normalized spacial score (nSPS) is 11.6. The number of aromatic nitrogens is 6. The van der Waals surface area contributed by atoms with E-state index in [0.29, 0.717) is 17.6 Å². The molecule has 0 N–H and O–H groups in total. The Balaban J connectivity index is 1.11. The summed E-state index contributed by atoms with van der Waals surface area (Å²) in [6.45, 7) is 0. The molecule has 0 aliphatic carbocycles. The van der Waals surface area contributed by atoms with Gasteiger partial charge in [0, 0.05) is 49.5 Å². The predicted molar refractivity (Wildman–Crippen MR) is 228 cm³/mol. The molecule has 7 aromatic carbocycles. The molecule has 4 heterocycles. The van der Waals surface area contributed by atoms with Crippen LogP contribution in [0, 0.1) is 0 Å². The fourth-order valence-corrected chi connectivity index (χ4v) is 7.97. The van der Waals surface area contributed by atoms with Crippen molar-refractivity contribution in [2.24, 2.45) is 0 Å². The van der Waals surface area contributed by atoms with Crippen LogP contribution in [0.2, 0.25) is 0 Å². The highest BCUT2D eigenvalue weighted by molar-refractivity contribution is 6.18. The molecular formula is C50H32N6. The molecule has 0 amide bonds. The van der Waals surface area contributed by atoms with Gasteiger partial charge in [-0.25, -0.2) is 9.97 Å². The first-order valence-corrected chi connectivity index (χ1v) is 18.7. The predicted octanol–water partition coefficient (Wildman–Crippen LogP) is 12.1. The largest absolute Gasteiger partial charge is 0.309 e. The fourth-order valence-electron chi connectivity index (χ4n) is 7.97. The van der Waals surface area contributed by atoms with Crippen molar-refractivity contribution in [2.45, 2.75) is 0 Å². The third kappa shape index (κ3) is 5.27. The Hall–Kier alpha value is -7.70. The number of hydrogen-bond donors (Lipinski definition) is 0. The summed E-state index contributed by atoms with van der Waals surface area (Å²) < 4.78 is 4.56. The molecule has 4 aromatic heterocycles. The van der Waals surface area contributed by atoms with Crippen molar-refractivity contribution in [3.05, 3.63) is 194 Å². The van der Waals surface area contributed by atoms with Crippen molar-refractivity contribution in [3.63, 3.8) is 0 Å². The average molecular weight is 717 g/mol. The van der Waals surface area contributed by atoms with Gasteiger partial charge >= 0.3 is 0 Å². The molecule has 262 valence electrons. The van der Waals surface area contributed by atoms with E-state index in [9.17, 15) is 0 Å². The molecule has 6 heteroatoms. The van der Waals surface area contributed by atoms with Crippen molar-refractivity contribution in [2.75, 3.05) is 0 Å².